The van der Waals surface area contributed by atoms with Crippen LogP contribution in [0, 0.1) is 18.7 Å². The molecule has 0 aliphatic carbocycles. The van der Waals surface area contributed by atoms with Crippen molar-refractivity contribution in [2.24, 2.45) is 11.7 Å². The Morgan fingerprint density at radius 3 is 2.74 bits per heavy atom. The lowest BCUT2D eigenvalue weighted by Crippen LogP contribution is -2.28. The molecule has 0 radical (unpaired) electrons. The molecule has 0 bridgehead atoms. The van der Waals surface area contributed by atoms with Gasteiger partial charge < -0.3 is 10.3 Å². The maximum absolute atomic E-state index is 13.2. The van der Waals surface area contributed by atoms with E-state index in [1.165, 1.54) is 6.07 Å². The Morgan fingerprint density at radius 1 is 1.37 bits per heavy atom. The second-order valence-corrected chi connectivity index (χ2v) is 5.09. The van der Waals surface area contributed by atoms with Crippen LogP contribution in [0.15, 0.2) is 22.7 Å². The number of benzene rings is 1. The van der Waals surface area contributed by atoms with E-state index in [1.807, 2.05) is 13.8 Å². The summed E-state index contributed by atoms with van der Waals surface area (Å²) in [6.07, 6.45) is 0.546. The monoisotopic (exact) mass is 263 g/mol. The van der Waals surface area contributed by atoms with Gasteiger partial charge in [-0.3, -0.25) is 0 Å². The molecule has 2 rings (SSSR count). The highest BCUT2D eigenvalue weighted by molar-refractivity contribution is 5.55. The van der Waals surface area contributed by atoms with E-state index in [4.69, 9.17) is 10.3 Å². The molecule has 0 fully saturated rings. The first-order valence-electron chi connectivity index (χ1n) is 6.32. The topological polar surface area (TPSA) is 64.9 Å². The third-order valence-corrected chi connectivity index (χ3v) is 3.15. The third kappa shape index (κ3) is 3.17. The van der Waals surface area contributed by atoms with Gasteiger partial charge in [-0.15, -0.1) is 0 Å². The predicted molar refractivity (Wildman–Crippen MR) is 70.9 cm³/mol. The summed E-state index contributed by atoms with van der Waals surface area (Å²) in [5, 5.41) is 3.91. The van der Waals surface area contributed by atoms with Gasteiger partial charge in [-0.05, 0) is 36.6 Å². The Hall–Kier alpha value is -1.75. The Morgan fingerprint density at radius 2 is 2.11 bits per heavy atom. The number of hydrogen-bond donors (Lipinski definition) is 1. The summed E-state index contributed by atoms with van der Waals surface area (Å²) >= 11 is 0. The molecule has 0 amide bonds. The third-order valence-electron chi connectivity index (χ3n) is 3.15. The molecule has 1 aromatic heterocycles. The zero-order chi connectivity index (χ0) is 14.0. The van der Waals surface area contributed by atoms with Gasteiger partial charge in [0.1, 0.15) is 5.82 Å². The summed E-state index contributed by atoms with van der Waals surface area (Å²) in [6.45, 7) is 5.80. The van der Waals surface area contributed by atoms with E-state index in [-0.39, 0.29) is 11.9 Å². The summed E-state index contributed by atoms with van der Waals surface area (Å²) in [6, 6.07) is 4.73. The minimum atomic E-state index is -0.241. The van der Waals surface area contributed by atoms with Crippen LogP contribution in [0.2, 0.25) is 0 Å². The summed E-state index contributed by atoms with van der Waals surface area (Å²) in [5.74, 6) is 1.09. The van der Waals surface area contributed by atoms with E-state index in [1.54, 1.807) is 19.1 Å². The number of halogens is 1. The molecule has 0 saturated carbocycles. The molecule has 5 heteroatoms. The van der Waals surface area contributed by atoms with Crippen molar-refractivity contribution in [1.29, 1.82) is 0 Å². The normalized spacial score (nSPS) is 12.9. The molecule has 0 aliphatic rings. The van der Waals surface area contributed by atoms with E-state index >= 15 is 0 Å². The molecule has 2 N–H and O–H groups in total. The van der Waals surface area contributed by atoms with E-state index in [0.717, 1.165) is 5.56 Å². The average molecular weight is 263 g/mol. The fourth-order valence-electron chi connectivity index (χ4n) is 1.68. The number of aryl methyl sites for hydroxylation is 1. The van der Waals surface area contributed by atoms with Gasteiger partial charge in [0.05, 0.1) is 0 Å². The molecule has 0 spiro atoms. The van der Waals surface area contributed by atoms with Gasteiger partial charge in [0.2, 0.25) is 11.7 Å². The fourth-order valence-corrected chi connectivity index (χ4v) is 1.68. The van der Waals surface area contributed by atoms with Gasteiger partial charge in [-0.25, -0.2) is 4.39 Å². The van der Waals surface area contributed by atoms with Crippen molar-refractivity contribution in [3.8, 4) is 11.4 Å². The van der Waals surface area contributed by atoms with Crippen molar-refractivity contribution in [2.75, 3.05) is 0 Å². The van der Waals surface area contributed by atoms with Gasteiger partial charge in [0.25, 0.3) is 0 Å². The Balaban J connectivity index is 2.18. The van der Waals surface area contributed by atoms with Crippen LogP contribution in [0.5, 0.6) is 0 Å². The summed E-state index contributed by atoms with van der Waals surface area (Å²) < 4.78 is 18.4. The number of nitrogens with two attached hydrogens (primary N) is 1. The molecule has 19 heavy (non-hydrogen) atoms. The molecular weight excluding hydrogens is 245 g/mol. The molecule has 1 unspecified atom stereocenters. The minimum Gasteiger partial charge on any atom is -0.339 e. The standard InChI is InChI=1S/C14H18FN3O/c1-8(2)12(16)7-13-17-14(18-19-13)10-4-5-11(15)9(3)6-10/h4-6,8,12H,7,16H2,1-3H3. The molecule has 0 saturated heterocycles. The predicted octanol–water partition coefficient (Wildman–Crippen LogP) is 2.71. The van der Waals surface area contributed by atoms with E-state index in [9.17, 15) is 4.39 Å². The lowest BCUT2D eigenvalue weighted by molar-refractivity contribution is 0.353. The number of hydrogen-bond acceptors (Lipinski definition) is 4. The van der Waals surface area contributed by atoms with Crippen LogP contribution in [-0.2, 0) is 6.42 Å². The molecule has 0 aliphatic heterocycles. The minimum absolute atomic E-state index is 0.0109. The van der Waals surface area contributed by atoms with Crippen LogP contribution in [0.3, 0.4) is 0 Å². The van der Waals surface area contributed by atoms with Crippen LogP contribution in [0.4, 0.5) is 4.39 Å². The van der Waals surface area contributed by atoms with Gasteiger partial charge in [0, 0.05) is 18.0 Å². The molecular formula is C14H18FN3O. The highest BCUT2D eigenvalue weighted by Crippen LogP contribution is 2.19. The second kappa shape index (κ2) is 5.48. The lowest BCUT2D eigenvalue weighted by atomic mass is 10.0. The number of aromatic nitrogens is 2. The van der Waals surface area contributed by atoms with Crippen molar-refractivity contribution in [2.45, 2.75) is 33.2 Å². The Labute approximate surface area is 111 Å². The van der Waals surface area contributed by atoms with Crippen molar-refractivity contribution in [3.05, 3.63) is 35.5 Å². The molecule has 102 valence electrons. The van der Waals surface area contributed by atoms with Gasteiger partial charge in [-0.1, -0.05) is 19.0 Å². The molecule has 1 aromatic carbocycles. The van der Waals surface area contributed by atoms with Crippen LogP contribution >= 0.6 is 0 Å². The summed E-state index contributed by atoms with van der Waals surface area (Å²) in [7, 11) is 0. The molecule has 1 heterocycles. The van der Waals surface area contributed by atoms with Crippen molar-refractivity contribution in [1.82, 2.24) is 10.1 Å². The molecule has 1 atom stereocenters. The maximum atomic E-state index is 13.2. The van der Waals surface area contributed by atoms with Gasteiger partial charge in [0.15, 0.2) is 0 Å². The van der Waals surface area contributed by atoms with Crippen LogP contribution in [-0.4, -0.2) is 16.2 Å². The first kappa shape index (κ1) is 13.7. The van der Waals surface area contributed by atoms with Crippen LogP contribution in [0.1, 0.15) is 25.3 Å². The van der Waals surface area contributed by atoms with E-state index < -0.39 is 0 Å². The Bertz CT molecular complexity index is 566. The van der Waals surface area contributed by atoms with E-state index in [2.05, 4.69) is 10.1 Å². The quantitative estimate of drug-likeness (QED) is 0.921. The maximum Gasteiger partial charge on any atom is 0.228 e. The molecule has 4 nitrogen and oxygen atoms in total. The van der Waals surface area contributed by atoms with E-state index in [0.29, 0.717) is 29.6 Å². The van der Waals surface area contributed by atoms with Crippen molar-refractivity contribution in [3.63, 3.8) is 0 Å². The van der Waals surface area contributed by atoms with Crippen LogP contribution < -0.4 is 5.73 Å². The van der Waals surface area contributed by atoms with Crippen LogP contribution in [0.25, 0.3) is 11.4 Å². The summed E-state index contributed by atoms with van der Waals surface area (Å²) in [4.78, 5) is 4.29. The van der Waals surface area contributed by atoms with Crippen molar-refractivity contribution < 1.29 is 8.91 Å². The molecule has 2 aromatic rings. The fraction of sp³-hybridized carbons (Fsp3) is 0.429. The first-order valence-corrected chi connectivity index (χ1v) is 6.32. The zero-order valence-electron chi connectivity index (χ0n) is 11.4. The SMILES string of the molecule is Cc1cc(-c2noc(CC(N)C(C)C)n2)ccc1F. The smallest absolute Gasteiger partial charge is 0.228 e. The average Bonchev–Trinajstić information content (AvgIpc) is 2.81. The number of nitrogens with zero attached hydrogens (tertiary/aromatic N) is 2. The van der Waals surface area contributed by atoms with Gasteiger partial charge >= 0.3 is 0 Å². The lowest BCUT2D eigenvalue weighted by Gasteiger charge is -2.11. The Kier molecular flexibility index (Phi) is 3.95. The van der Waals surface area contributed by atoms with Crippen molar-refractivity contribution >= 4 is 0 Å². The number of rotatable bonds is 4. The van der Waals surface area contributed by atoms with Gasteiger partial charge in [-0.2, -0.15) is 4.98 Å². The first-order chi connectivity index (χ1) is 8.97. The zero-order valence-corrected chi connectivity index (χ0v) is 11.4. The second-order valence-electron chi connectivity index (χ2n) is 5.09. The summed E-state index contributed by atoms with van der Waals surface area (Å²) in [5.41, 5.74) is 7.26. The highest BCUT2D eigenvalue weighted by atomic mass is 19.1. The largest absolute Gasteiger partial charge is 0.339 e. The highest BCUT2D eigenvalue weighted by Gasteiger charge is 2.15.